The van der Waals surface area contributed by atoms with Crippen LogP contribution >= 0.6 is 0 Å². The highest BCUT2D eigenvalue weighted by Gasteiger charge is 1.99. The molecule has 0 atom stereocenters. The smallest absolute Gasteiger partial charge is 0.127 e. The van der Waals surface area contributed by atoms with Crippen LogP contribution in [0.5, 0.6) is 5.75 Å². The third-order valence-electron chi connectivity index (χ3n) is 2.37. The molecule has 0 bridgehead atoms. The number of hydrogen-bond donors (Lipinski definition) is 1. The summed E-state index contributed by atoms with van der Waals surface area (Å²) in [6.45, 7) is 10.8. The van der Waals surface area contributed by atoms with Gasteiger partial charge >= 0.3 is 0 Å². The molecule has 1 aromatic carbocycles. The predicted molar refractivity (Wildman–Crippen MR) is 73.3 cm³/mol. The normalized spacial score (nSPS) is 10.4. The molecule has 1 rings (SSSR count). The second-order valence-corrected chi connectivity index (χ2v) is 4.59. The third kappa shape index (κ3) is 5.43. The molecule has 1 N–H and O–H groups in total. The summed E-state index contributed by atoms with van der Waals surface area (Å²) in [6.07, 6.45) is 2.30. The third-order valence-corrected chi connectivity index (χ3v) is 2.37. The van der Waals surface area contributed by atoms with E-state index in [9.17, 15) is 0 Å². The molecule has 0 unspecified atom stereocenters. The molecule has 1 aromatic rings. The Bertz CT molecular complexity index is 340. The number of nitrogens with one attached hydrogen (secondary N) is 1. The molecular weight excluding hydrogens is 210 g/mol. The van der Waals surface area contributed by atoms with Gasteiger partial charge in [-0.05, 0) is 38.0 Å². The van der Waals surface area contributed by atoms with Crippen LogP contribution < -0.4 is 10.1 Å². The van der Waals surface area contributed by atoms with Gasteiger partial charge in [0.2, 0.25) is 0 Å². The lowest BCUT2D eigenvalue weighted by atomic mass is 10.1. The molecule has 0 aliphatic rings. The van der Waals surface area contributed by atoms with E-state index in [1.165, 1.54) is 12.0 Å². The fourth-order valence-corrected chi connectivity index (χ4v) is 1.66. The van der Waals surface area contributed by atoms with Crippen molar-refractivity contribution in [3.63, 3.8) is 0 Å². The average molecular weight is 233 g/mol. The molecule has 0 radical (unpaired) electrons. The minimum atomic E-state index is 0.401. The maximum Gasteiger partial charge on any atom is 0.127 e. The van der Waals surface area contributed by atoms with Gasteiger partial charge in [0.05, 0.1) is 0 Å². The van der Waals surface area contributed by atoms with E-state index >= 15 is 0 Å². The van der Waals surface area contributed by atoms with Gasteiger partial charge < -0.3 is 10.1 Å². The first-order valence-electron chi connectivity index (χ1n) is 6.28. The Hall–Kier alpha value is -1.44. The SMILES string of the molecule is C=C(COc1ccc(CCC)cc1)NC(C)C. The van der Waals surface area contributed by atoms with Crippen molar-refractivity contribution in [1.82, 2.24) is 5.32 Å². The summed E-state index contributed by atoms with van der Waals surface area (Å²) in [6, 6.07) is 8.69. The Kier molecular flexibility index (Phi) is 5.61. The molecule has 94 valence electrons. The van der Waals surface area contributed by atoms with E-state index < -0.39 is 0 Å². The van der Waals surface area contributed by atoms with E-state index in [1.807, 2.05) is 12.1 Å². The van der Waals surface area contributed by atoms with Crippen LogP contribution in [0.15, 0.2) is 36.5 Å². The van der Waals surface area contributed by atoms with E-state index in [0.717, 1.165) is 17.9 Å². The van der Waals surface area contributed by atoms with Gasteiger partial charge in [-0.1, -0.05) is 32.1 Å². The van der Waals surface area contributed by atoms with E-state index in [2.05, 4.69) is 44.8 Å². The molecule has 0 aliphatic carbocycles. The number of rotatable bonds is 7. The summed E-state index contributed by atoms with van der Waals surface area (Å²) in [5.41, 5.74) is 2.27. The average Bonchev–Trinajstić information content (AvgIpc) is 2.28. The first-order chi connectivity index (χ1) is 8.11. The Morgan fingerprint density at radius 2 is 1.94 bits per heavy atom. The van der Waals surface area contributed by atoms with E-state index in [4.69, 9.17) is 4.74 Å². The minimum absolute atomic E-state index is 0.401. The lowest BCUT2D eigenvalue weighted by molar-refractivity contribution is 0.339. The lowest BCUT2D eigenvalue weighted by Crippen LogP contribution is -2.24. The molecule has 0 aromatic heterocycles. The maximum atomic E-state index is 5.64. The maximum absolute atomic E-state index is 5.64. The monoisotopic (exact) mass is 233 g/mol. The molecule has 2 heteroatoms. The van der Waals surface area contributed by atoms with Crippen LogP contribution in [0.1, 0.15) is 32.8 Å². The standard InChI is InChI=1S/C15H23NO/c1-5-6-14-7-9-15(10-8-14)17-11-13(4)16-12(2)3/h7-10,12,16H,4-6,11H2,1-3H3. The van der Waals surface area contributed by atoms with Crippen molar-refractivity contribution in [3.8, 4) is 5.75 Å². The van der Waals surface area contributed by atoms with Crippen molar-refractivity contribution in [3.05, 3.63) is 42.1 Å². The summed E-state index contributed by atoms with van der Waals surface area (Å²) in [7, 11) is 0. The fraction of sp³-hybridized carbons (Fsp3) is 0.467. The van der Waals surface area contributed by atoms with Crippen molar-refractivity contribution in [2.24, 2.45) is 0 Å². The Morgan fingerprint density at radius 1 is 1.29 bits per heavy atom. The van der Waals surface area contributed by atoms with Gasteiger partial charge in [0.1, 0.15) is 12.4 Å². The van der Waals surface area contributed by atoms with Crippen molar-refractivity contribution in [2.75, 3.05) is 6.61 Å². The molecule has 17 heavy (non-hydrogen) atoms. The number of ether oxygens (including phenoxy) is 1. The van der Waals surface area contributed by atoms with Gasteiger partial charge in [-0.2, -0.15) is 0 Å². The summed E-state index contributed by atoms with van der Waals surface area (Å²) < 4.78 is 5.64. The first kappa shape index (κ1) is 13.6. The molecule has 0 spiro atoms. The van der Waals surface area contributed by atoms with Crippen molar-refractivity contribution in [1.29, 1.82) is 0 Å². The second-order valence-electron chi connectivity index (χ2n) is 4.59. The molecule has 0 saturated heterocycles. The van der Waals surface area contributed by atoms with Crippen LogP contribution in [-0.2, 0) is 6.42 Å². The molecule has 0 saturated carbocycles. The lowest BCUT2D eigenvalue weighted by Gasteiger charge is -2.13. The quantitative estimate of drug-likeness (QED) is 0.778. The Balaban J connectivity index is 2.39. The van der Waals surface area contributed by atoms with Gasteiger partial charge in [-0.15, -0.1) is 0 Å². The molecule has 0 heterocycles. The largest absolute Gasteiger partial charge is 0.487 e. The van der Waals surface area contributed by atoms with Crippen molar-refractivity contribution >= 4 is 0 Å². The van der Waals surface area contributed by atoms with Gasteiger partial charge in [0, 0.05) is 11.7 Å². The number of benzene rings is 1. The number of hydrogen-bond acceptors (Lipinski definition) is 2. The molecule has 0 aliphatic heterocycles. The van der Waals surface area contributed by atoms with Crippen LogP contribution in [0.2, 0.25) is 0 Å². The van der Waals surface area contributed by atoms with E-state index in [1.54, 1.807) is 0 Å². The van der Waals surface area contributed by atoms with Gasteiger partial charge in [-0.25, -0.2) is 0 Å². The molecule has 0 amide bonds. The summed E-state index contributed by atoms with van der Waals surface area (Å²) in [4.78, 5) is 0. The van der Waals surface area contributed by atoms with Crippen molar-refractivity contribution < 1.29 is 4.74 Å². The predicted octanol–water partition coefficient (Wildman–Crippen LogP) is 3.53. The second kappa shape index (κ2) is 7.00. The minimum Gasteiger partial charge on any atom is -0.487 e. The molecular formula is C15H23NO. The highest BCUT2D eigenvalue weighted by molar-refractivity contribution is 5.27. The first-order valence-corrected chi connectivity index (χ1v) is 6.28. The van der Waals surface area contributed by atoms with Crippen LogP contribution in [0.4, 0.5) is 0 Å². The highest BCUT2D eigenvalue weighted by Crippen LogP contribution is 2.13. The van der Waals surface area contributed by atoms with Crippen molar-refractivity contribution in [2.45, 2.75) is 39.7 Å². The molecule has 2 nitrogen and oxygen atoms in total. The summed E-state index contributed by atoms with van der Waals surface area (Å²) in [5, 5.41) is 3.23. The van der Waals surface area contributed by atoms with Gasteiger partial charge in [0.15, 0.2) is 0 Å². The fourth-order valence-electron chi connectivity index (χ4n) is 1.66. The Morgan fingerprint density at radius 3 is 2.47 bits per heavy atom. The summed E-state index contributed by atoms with van der Waals surface area (Å²) >= 11 is 0. The topological polar surface area (TPSA) is 21.3 Å². The zero-order valence-electron chi connectivity index (χ0n) is 11.1. The van der Waals surface area contributed by atoms with Crippen LogP contribution in [-0.4, -0.2) is 12.6 Å². The highest BCUT2D eigenvalue weighted by atomic mass is 16.5. The van der Waals surface area contributed by atoms with Gasteiger partial charge in [-0.3, -0.25) is 0 Å². The zero-order valence-corrected chi connectivity index (χ0v) is 11.1. The Labute approximate surface area is 105 Å². The van der Waals surface area contributed by atoms with E-state index in [0.29, 0.717) is 12.6 Å². The zero-order chi connectivity index (χ0) is 12.7. The van der Waals surface area contributed by atoms with Gasteiger partial charge in [0.25, 0.3) is 0 Å². The van der Waals surface area contributed by atoms with Crippen LogP contribution in [0.3, 0.4) is 0 Å². The molecule has 0 fully saturated rings. The summed E-state index contributed by atoms with van der Waals surface area (Å²) in [5.74, 6) is 0.900. The number of aryl methyl sites for hydroxylation is 1. The van der Waals surface area contributed by atoms with Crippen LogP contribution in [0.25, 0.3) is 0 Å². The van der Waals surface area contributed by atoms with E-state index in [-0.39, 0.29) is 0 Å². The van der Waals surface area contributed by atoms with Crippen LogP contribution in [0, 0.1) is 0 Å².